The van der Waals surface area contributed by atoms with Gasteiger partial charge in [0.1, 0.15) is 5.69 Å². The molecular weight excluding hydrogens is 328 g/mol. The fraction of sp³-hybridized carbons (Fsp3) is 0.300. The molecule has 4 rings (SSSR count). The van der Waals surface area contributed by atoms with Crippen molar-refractivity contribution >= 4 is 17.0 Å². The summed E-state index contributed by atoms with van der Waals surface area (Å²) in [5, 5.41) is 13.6. The van der Waals surface area contributed by atoms with E-state index < -0.39 is 0 Å². The quantitative estimate of drug-likeness (QED) is 0.714. The smallest absolute Gasteiger partial charge is 0.115 e. The number of hydrogen-bond donors (Lipinski definition) is 1. The molecule has 0 aliphatic carbocycles. The van der Waals surface area contributed by atoms with Crippen LogP contribution in [-0.2, 0) is 6.42 Å². The first-order valence-electron chi connectivity index (χ1n) is 8.74. The summed E-state index contributed by atoms with van der Waals surface area (Å²) >= 11 is 1.77. The molecule has 3 aromatic rings. The Morgan fingerprint density at radius 3 is 2.88 bits per heavy atom. The largest absolute Gasteiger partial charge is 0.371 e. The average Bonchev–Trinajstić information content (AvgIpc) is 3.41. The molecule has 0 saturated carbocycles. The zero-order valence-corrected chi connectivity index (χ0v) is 15.0. The fourth-order valence-corrected chi connectivity index (χ4v) is 4.23. The van der Waals surface area contributed by atoms with Gasteiger partial charge in [-0.1, -0.05) is 43.0 Å². The van der Waals surface area contributed by atoms with Gasteiger partial charge in [-0.2, -0.15) is 15.4 Å². The van der Waals surface area contributed by atoms with E-state index in [1.165, 1.54) is 17.0 Å². The number of hydrogen-bond acceptors (Lipinski definition) is 4. The average molecular weight is 350 g/mol. The van der Waals surface area contributed by atoms with Gasteiger partial charge in [0.2, 0.25) is 0 Å². The zero-order valence-electron chi connectivity index (χ0n) is 14.2. The van der Waals surface area contributed by atoms with Gasteiger partial charge in [-0.25, -0.2) is 0 Å². The molecule has 0 bridgehead atoms. The number of thiophene rings is 1. The van der Waals surface area contributed by atoms with Gasteiger partial charge in [-0.3, -0.25) is 0 Å². The molecule has 2 aromatic heterocycles. The van der Waals surface area contributed by atoms with Crippen LogP contribution in [0.3, 0.4) is 0 Å². The number of likely N-dealkylation sites (tertiary alicyclic amines) is 1. The first-order chi connectivity index (χ1) is 12.3. The Balaban J connectivity index is 1.36. The number of nitrogens with one attached hydrogen (secondary N) is 1. The zero-order chi connectivity index (χ0) is 17.1. The number of aromatic amines is 1. The first kappa shape index (κ1) is 16.1. The van der Waals surface area contributed by atoms with Crippen molar-refractivity contribution in [2.24, 2.45) is 5.92 Å². The van der Waals surface area contributed by atoms with Crippen LogP contribution in [0.15, 0.2) is 54.4 Å². The van der Waals surface area contributed by atoms with E-state index in [-0.39, 0.29) is 0 Å². The van der Waals surface area contributed by atoms with Gasteiger partial charge in [0.05, 0.1) is 5.69 Å². The molecule has 5 heteroatoms. The lowest BCUT2D eigenvalue weighted by molar-refractivity contribution is 0.445. The van der Waals surface area contributed by atoms with Gasteiger partial charge in [0.25, 0.3) is 0 Å². The summed E-state index contributed by atoms with van der Waals surface area (Å²) in [6.07, 6.45) is 3.33. The van der Waals surface area contributed by atoms with Crippen molar-refractivity contribution in [3.8, 4) is 11.3 Å². The van der Waals surface area contributed by atoms with E-state index in [1.807, 2.05) is 18.2 Å². The van der Waals surface area contributed by atoms with E-state index in [1.54, 1.807) is 11.3 Å². The van der Waals surface area contributed by atoms with Gasteiger partial charge in [0.15, 0.2) is 0 Å². The Morgan fingerprint density at radius 1 is 1.20 bits per heavy atom. The van der Waals surface area contributed by atoms with Gasteiger partial charge in [0, 0.05) is 29.2 Å². The second kappa shape index (κ2) is 7.23. The van der Waals surface area contributed by atoms with Crippen LogP contribution < -0.4 is 0 Å². The molecular formula is C20H22N4S. The standard InChI is InChI=1S/C20H22N4S/c1-15(19-8-5-13-25-19)24-12-11-16(14-24)9-10-18-20(22-23-21-18)17-6-3-2-4-7-17/h2-8,13,16H,1,9-12,14H2,(H,21,22,23). The third-order valence-corrected chi connectivity index (χ3v) is 5.85. The van der Waals surface area contributed by atoms with Crippen LogP contribution in [-0.4, -0.2) is 33.4 Å². The van der Waals surface area contributed by atoms with Crippen molar-refractivity contribution in [3.05, 3.63) is 65.0 Å². The summed E-state index contributed by atoms with van der Waals surface area (Å²) in [5.74, 6) is 0.692. The Hall–Kier alpha value is -2.40. The maximum absolute atomic E-state index is 4.38. The molecule has 25 heavy (non-hydrogen) atoms. The van der Waals surface area contributed by atoms with Crippen LogP contribution in [0.2, 0.25) is 0 Å². The molecule has 1 N–H and O–H groups in total. The maximum atomic E-state index is 4.38. The van der Waals surface area contributed by atoms with E-state index in [0.717, 1.165) is 42.9 Å². The summed E-state index contributed by atoms with van der Waals surface area (Å²) in [7, 11) is 0. The van der Waals surface area contributed by atoms with Gasteiger partial charge in [-0.15, -0.1) is 11.3 Å². The predicted octanol–water partition coefficient (Wildman–Crippen LogP) is 4.46. The summed E-state index contributed by atoms with van der Waals surface area (Å²) in [6, 6.07) is 14.5. The molecule has 1 aliphatic heterocycles. The van der Waals surface area contributed by atoms with Crippen LogP contribution in [0, 0.1) is 5.92 Å². The van der Waals surface area contributed by atoms with Gasteiger partial charge in [-0.05, 0) is 36.6 Å². The lowest BCUT2D eigenvalue weighted by atomic mass is 9.99. The Bertz CT molecular complexity index is 823. The lowest BCUT2D eigenvalue weighted by Crippen LogP contribution is -2.18. The van der Waals surface area contributed by atoms with E-state index in [2.05, 4.69) is 56.5 Å². The molecule has 0 radical (unpaired) electrons. The first-order valence-corrected chi connectivity index (χ1v) is 9.62. The topological polar surface area (TPSA) is 44.8 Å². The number of aromatic nitrogens is 3. The minimum atomic E-state index is 0.692. The fourth-order valence-electron chi connectivity index (χ4n) is 3.51. The van der Waals surface area contributed by atoms with Crippen LogP contribution in [0.1, 0.15) is 23.4 Å². The normalized spacial score (nSPS) is 17.1. The molecule has 1 saturated heterocycles. The third kappa shape index (κ3) is 3.51. The highest BCUT2D eigenvalue weighted by Gasteiger charge is 2.24. The second-order valence-corrected chi connectivity index (χ2v) is 7.50. The minimum absolute atomic E-state index is 0.692. The number of benzene rings is 1. The summed E-state index contributed by atoms with van der Waals surface area (Å²) in [6.45, 7) is 6.48. The van der Waals surface area contributed by atoms with Crippen molar-refractivity contribution in [2.45, 2.75) is 19.3 Å². The molecule has 1 aromatic carbocycles. The van der Waals surface area contributed by atoms with E-state index in [0.29, 0.717) is 5.92 Å². The van der Waals surface area contributed by atoms with Crippen molar-refractivity contribution < 1.29 is 0 Å². The highest BCUT2D eigenvalue weighted by Crippen LogP contribution is 2.30. The van der Waals surface area contributed by atoms with Crippen molar-refractivity contribution in [2.75, 3.05) is 13.1 Å². The van der Waals surface area contributed by atoms with Crippen LogP contribution in [0.4, 0.5) is 0 Å². The summed E-state index contributed by atoms with van der Waals surface area (Å²) in [5.41, 5.74) is 4.36. The molecule has 1 atom stereocenters. The van der Waals surface area contributed by atoms with Crippen LogP contribution in [0.5, 0.6) is 0 Å². The second-order valence-electron chi connectivity index (χ2n) is 6.55. The highest BCUT2D eigenvalue weighted by molar-refractivity contribution is 7.11. The van der Waals surface area contributed by atoms with Crippen LogP contribution >= 0.6 is 11.3 Å². The Morgan fingerprint density at radius 2 is 2.08 bits per heavy atom. The molecule has 4 nitrogen and oxygen atoms in total. The molecule has 128 valence electrons. The molecule has 0 amide bonds. The third-order valence-electron chi connectivity index (χ3n) is 4.93. The van der Waals surface area contributed by atoms with Gasteiger partial charge >= 0.3 is 0 Å². The van der Waals surface area contributed by atoms with E-state index >= 15 is 0 Å². The number of nitrogens with zero attached hydrogens (tertiary/aromatic N) is 3. The van der Waals surface area contributed by atoms with Crippen molar-refractivity contribution in [3.63, 3.8) is 0 Å². The van der Waals surface area contributed by atoms with E-state index in [9.17, 15) is 0 Å². The SMILES string of the molecule is C=C(c1cccs1)N1CCC(CCc2n[nH]nc2-c2ccccc2)C1. The van der Waals surface area contributed by atoms with Crippen LogP contribution in [0.25, 0.3) is 17.0 Å². The number of aryl methyl sites for hydroxylation is 1. The molecule has 0 spiro atoms. The van der Waals surface area contributed by atoms with E-state index in [4.69, 9.17) is 0 Å². The minimum Gasteiger partial charge on any atom is -0.371 e. The molecule has 1 fully saturated rings. The monoisotopic (exact) mass is 350 g/mol. The van der Waals surface area contributed by atoms with Crippen molar-refractivity contribution in [1.82, 2.24) is 20.3 Å². The predicted molar refractivity (Wildman–Crippen MR) is 103 cm³/mol. The van der Waals surface area contributed by atoms with Gasteiger partial charge < -0.3 is 4.90 Å². The Labute approximate surface area is 152 Å². The maximum Gasteiger partial charge on any atom is 0.115 e. The summed E-state index contributed by atoms with van der Waals surface area (Å²) < 4.78 is 0. The molecule has 1 aliphatic rings. The number of rotatable bonds is 6. The Kier molecular flexibility index (Phi) is 4.65. The highest BCUT2D eigenvalue weighted by atomic mass is 32.1. The van der Waals surface area contributed by atoms with Crippen molar-refractivity contribution in [1.29, 1.82) is 0 Å². The summed E-state index contributed by atoms with van der Waals surface area (Å²) in [4.78, 5) is 3.71. The molecule has 3 heterocycles. The molecule has 1 unspecified atom stereocenters. The number of H-pyrrole nitrogens is 1. The lowest BCUT2D eigenvalue weighted by Gasteiger charge is -2.20.